The van der Waals surface area contributed by atoms with Crippen molar-refractivity contribution >= 4 is 10.9 Å². The zero-order valence-electron chi connectivity index (χ0n) is 15.2. The quantitative estimate of drug-likeness (QED) is 0.536. The third kappa shape index (κ3) is 3.39. The molecule has 1 aromatic heterocycles. The number of para-hydroxylation sites is 1. The normalized spacial score (nSPS) is 11.0. The van der Waals surface area contributed by atoms with E-state index in [1.165, 1.54) is 15.2 Å². The van der Waals surface area contributed by atoms with Crippen molar-refractivity contribution in [3.63, 3.8) is 0 Å². The number of hydrogen-bond donors (Lipinski definition) is 0. The topological polar surface area (TPSA) is 44.0 Å². The Labute approximate surface area is 161 Å². The van der Waals surface area contributed by atoms with Crippen LogP contribution in [0.5, 0.6) is 0 Å². The SMILES string of the molecule is O=c1c2ccccc2n(Cc2ccccc2F)c(=O)n1CCc1ccccc1. The van der Waals surface area contributed by atoms with Gasteiger partial charge in [0, 0.05) is 12.1 Å². The molecule has 0 unspecified atom stereocenters. The monoisotopic (exact) mass is 374 g/mol. The van der Waals surface area contributed by atoms with Gasteiger partial charge in [0.2, 0.25) is 0 Å². The molecule has 4 aromatic rings. The van der Waals surface area contributed by atoms with Gasteiger partial charge in [0.05, 0.1) is 17.4 Å². The minimum absolute atomic E-state index is 0.0671. The van der Waals surface area contributed by atoms with Gasteiger partial charge in [-0.2, -0.15) is 0 Å². The lowest BCUT2D eigenvalue weighted by molar-refractivity contribution is 0.568. The second-order valence-corrected chi connectivity index (χ2v) is 6.67. The molecule has 0 atom stereocenters. The van der Waals surface area contributed by atoms with Crippen molar-refractivity contribution in [2.24, 2.45) is 0 Å². The van der Waals surface area contributed by atoms with Gasteiger partial charge in [0.25, 0.3) is 5.56 Å². The van der Waals surface area contributed by atoms with Gasteiger partial charge < -0.3 is 0 Å². The molecule has 0 fully saturated rings. The molecule has 0 saturated carbocycles. The molecule has 140 valence electrons. The zero-order chi connectivity index (χ0) is 19.5. The minimum Gasteiger partial charge on any atom is -0.289 e. The number of aromatic nitrogens is 2. The maximum atomic E-state index is 14.2. The Hall–Kier alpha value is -3.47. The van der Waals surface area contributed by atoms with Crippen LogP contribution in [0.15, 0.2) is 88.5 Å². The average Bonchev–Trinajstić information content (AvgIpc) is 2.73. The predicted molar refractivity (Wildman–Crippen MR) is 108 cm³/mol. The van der Waals surface area contributed by atoms with Crippen LogP contribution in [-0.2, 0) is 19.5 Å². The fraction of sp³-hybridized carbons (Fsp3) is 0.130. The average molecular weight is 374 g/mol. The van der Waals surface area contributed by atoms with E-state index < -0.39 is 5.69 Å². The summed E-state index contributed by atoms with van der Waals surface area (Å²) in [5.74, 6) is -0.375. The summed E-state index contributed by atoms with van der Waals surface area (Å²) in [4.78, 5) is 26.1. The number of rotatable bonds is 5. The van der Waals surface area contributed by atoms with E-state index >= 15 is 0 Å². The number of fused-ring (bicyclic) bond motifs is 1. The third-order valence-corrected chi connectivity index (χ3v) is 4.89. The lowest BCUT2D eigenvalue weighted by atomic mass is 10.1. The lowest BCUT2D eigenvalue weighted by Crippen LogP contribution is -2.40. The second kappa shape index (κ2) is 7.64. The van der Waals surface area contributed by atoms with Gasteiger partial charge in [0.1, 0.15) is 5.82 Å². The molecule has 28 heavy (non-hydrogen) atoms. The molecule has 0 amide bonds. The number of halogens is 1. The molecule has 0 saturated heterocycles. The Morgan fingerprint density at radius 2 is 1.43 bits per heavy atom. The summed E-state index contributed by atoms with van der Waals surface area (Å²) in [7, 11) is 0. The lowest BCUT2D eigenvalue weighted by Gasteiger charge is -2.14. The van der Waals surface area contributed by atoms with Crippen molar-refractivity contribution in [2.75, 3.05) is 0 Å². The van der Waals surface area contributed by atoms with Crippen LogP contribution in [0.2, 0.25) is 0 Å². The molecule has 1 heterocycles. The molecule has 3 aromatic carbocycles. The first-order valence-electron chi connectivity index (χ1n) is 9.15. The van der Waals surface area contributed by atoms with Crippen LogP contribution < -0.4 is 11.2 Å². The van der Waals surface area contributed by atoms with Crippen molar-refractivity contribution in [3.05, 3.63) is 117 Å². The summed E-state index contributed by atoms with van der Waals surface area (Å²) in [6.07, 6.45) is 0.564. The van der Waals surface area contributed by atoms with Gasteiger partial charge in [-0.3, -0.25) is 13.9 Å². The van der Waals surface area contributed by atoms with E-state index in [-0.39, 0.29) is 24.5 Å². The summed E-state index contributed by atoms with van der Waals surface area (Å²) in [5.41, 5.74) is 1.21. The van der Waals surface area contributed by atoms with Crippen LogP contribution in [0.3, 0.4) is 0 Å². The van der Waals surface area contributed by atoms with Crippen LogP contribution in [0.25, 0.3) is 10.9 Å². The van der Waals surface area contributed by atoms with Gasteiger partial charge in [-0.1, -0.05) is 60.7 Å². The van der Waals surface area contributed by atoms with E-state index in [2.05, 4.69) is 0 Å². The second-order valence-electron chi connectivity index (χ2n) is 6.67. The Morgan fingerprint density at radius 1 is 0.750 bits per heavy atom. The largest absolute Gasteiger partial charge is 0.331 e. The number of benzene rings is 3. The summed E-state index contributed by atoms with van der Waals surface area (Å²) in [6, 6.07) is 23.0. The zero-order valence-corrected chi connectivity index (χ0v) is 15.2. The molecule has 0 radical (unpaired) electrons. The Kier molecular flexibility index (Phi) is 4.89. The van der Waals surface area contributed by atoms with Gasteiger partial charge in [-0.15, -0.1) is 0 Å². The Balaban J connectivity index is 1.83. The van der Waals surface area contributed by atoms with E-state index in [0.29, 0.717) is 22.9 Å². The van der Waals surface area contributed by atoms with Crippen molar-refractivity contribution in [3.8, 4) is 0 Å². The maximum absolute atomic E-state index is 14.2. The highest BCUT2D eigenvalue weighted by molar-refractivity contribution is 5.77. The van der Waals surface area contributed by atoms with Gasteiger partial charge in [0.15, 0.2) is 0 Å². The molecule has 0 N–H and O–H groups in total. The molecular weight excluding hydrogens is 355 g/mol. The molecular formula is C23H19FN2O2. The van der Waals surface area contributed by atoms with Crippen LogP contribution in [0.1, 0.15) is 11.1 Å². The van der Waals surface area contributed by atoms with Gasteiger partial charge in [-0.25, -0.2) is 9.18 Å². The van der Waals surface area contributed by atoms with Gasteiger partial charge in [-0.05, 0) is 30.2 Å². The van der Waals surface area contributed by atoms with Crippen molar-refractivity contribution in [1.82, 2.24) is 9.13 Å². The van der Waals surface area contributed by atoms with E-state index in [9.17, 15) is 14.0 Å². The van der Waals surface area contributed by atoms with Crippen molar-refractivity contribution < 1.29 is 4.39 Å². The Morgan fingerprint density at radius 3 is 2.21 bits per heavy atom. The van der Waals surface area contributed by atoms with Crippen LogP contribution in [0.4, 0.5) is 4.39 Å². The molecule has 0 aliphatic rings. The van der Waals surface area contributed by atoms with Gasteiger partial charge >= 0.3 is 5.69 Å². The fourth-order valence-electron chi connectivity index (χ4n) is 3.40. The number of nitrogens with zero attached hydrogens (tertiary/aromatic N) is 2. The van der Waals surface area contributed by atoms with E-state index in [1.54, 1.807) is 42.5 Å². The molecule has 0 spiro atoms. The first kappa shape index (κ1) is 17.9. The Bertz CT molecular complexity index is 1240. The highest BCUT2D eigenvalue weighted by atomic mass is 19.1. The molecule has 4 rings (SSSR count). The summed E-state index contributed by atoms with van der Waals surface area (Å²) in [5, 5.41) is 0.450. The number of hydrogen-bond acceptors (Lipinski definition) is 2. The highest BCUT2D eigenvalue weighted by Crippen LogP contribution is 2.13. The van der Waals surface area contributed by atoms with E-state index in [1.807, 2.05) is 30.3 Å². The molecule has 0 aliphatic heterocycles. The first-order valence-corrected chi connectivity index (χ1v) is 9.15. The molecule has 5 heteroatoms. The minimum atomic E-state index is -0.428. The summed E-state index contributed by atoms with van der Waals surface area (Å²) in [6.45, 7) is 0.335. The van der Waals surface area contributed by atoms with Crippen molar-refractivity contribution in [1.29, 1.82) is 0 Å². The van der Waals surface area contributed by atoms with Crippen LogP contribution in [-0.4, -0.2) is 9.13 Å². The standard InChI is InChI=1S/C23H19FN2O2/c24-20-12-6-4-10-18(20)16-26-21-13-7-5-11-19(21)22(27)25(23(26)28)15-14-17-8-2-1-3-9-17/h1-13H,14-16H2. The van der Waals surface area contributed by atoms with Crippen LogP contribution in [0, 0.1) is 5.82 Å². The fourth-order valence-corrected chi connectivity index (χ4v) is 3.40. The van der Waals surface area contributed by atoms with E-state index in [4.69, 9.17) is 0 Å². The van der Waals surface area contributed by atoms with Crippen molar-refractivity contribution in [2.45, 2.75) is 19.5 Å². The number of aryl methyl sites for hydroxylation is 1. The van der Waals surface area contributed by atoms with Crippen LogP contribution >= 0.6 is 0 Å². The maximum Gasteiger partial charge on any atom is 0.331 e. The smallest absolute Gasteiger partial charge is 0.289 e. The molecule has 0 bridgehead atoms. The predicted octanol–water partition coefficient (Wildman–Crippen LogP) is 3.59. The highest BCUT2D eigenvalue weighted by Gasteiger charge is 2.14. The first-order chi connectivity index (χ1) is 13.6. The van der Waals surface area contributed by atoms with E-state index in [0.717, 1.165) is 5.56 Å². The summed E-state index contributed by atoms with van der Waals surface area (Å²) < 4.78 is 16.9. The summed E-state index contributed by atoms with van der Waals surface area (Å²) >= 11 is 0. The third-order valence-electron chi connectivity index (χ3n) is 4.89. The molecule has 0 aliphatic carbocycles. The molecule has 4 nitrogen and oxygen atoms in total.